The lowest BCUT2D eigenvalue weighted by atomic mass is 10.2. The molecule has 0 bridgehead atoms. The Bertz CT molecular complexity index is 773. The van der Waals surface area contributed by atoms with Crippen molar-refractivity contribution in [2.75, 3.05) is 5.73 Å². The summed E-state index contributed by atoms with van der Waals surface area (Å²) in [6.07, 6.45) is 0. The summed E-state index contributed by atoms with van der Waals surface area (Å²) >= 11 is 8.17. The zero-order chi connectivity index (χ0) is 14.1. The van der Waals surface area contributed by atoms with Crippen LogP contribution in [0.25, 0.3) is 22.8 Å². The quantitative estimate of drug-likeness (QED) is 0.519. The van der Waals surface area contributed by atoms with Crippen LogP contribution in [0.4, 0.5) is 5.69 Å². The van der Waals surface area contributed by atoms with Gasteiger partial charge in [0.25, 0.3) is 5.89 Å². The van der Waals surface area contributed by atoms with Gasteiger partial charge in [0.1, 0.15) is 0 Å². The van der Waals surface area contributed by atoms with Crippen molar-refractivity contribution in [1.82, 2.24) is 10.1 Å². The molecule has 20 heavy (non-hydrogen) atoms. The van der Waals surface area contributed by atoms with Gasteiger partial charge in [-0.05, 0) is 52.9 Å². The molecule has 1 aromatic heterocycles. The van der Waals surface area contributed by atoms with Crippen LogP contribution in [0.1, 0.15) is 0 Å². The Kier molecular flexibility index (Phi) is 3.62. The van der Waals surface area contributed by atoms with Gasteiger partial charge < -0.3 is 10.3 Å². The van der Waals surface area contributed by atoms with Gasteiger partial charge in [0.2, 0.25) is 5.82 Å². The Morgan fingerprint density at radius 1 is 1.15 bits per heavy atom. The monoisotopic (exact) mass is 397 g/mol. The number of anilines is 1. The Hall–Kier alpha value is -1.60. The third-order valence-electron chi connectivity index (χ3n) is 2.75. The average Bonchev–Trinajstić information content (AvgIpc) is 2.91. The summed E-state index contributed by atoms with van der Waals surface area (Å²) in [7, 11) is 0. The van der Waals surface area contributed by atoms with Gasteiger partial charge in [-0.15, -0.1) is 0 Å². The zero-order valence-electron chi connectivity index (χ0n) is 10.2. The Morgan fingerprint density at radius 3 is 2.80 bits per heavy atom. The third-order valence-corrected chi connectivity index (χ3v) is 3.66. The molecule has 0 fully saturated rings. The predicted molar refractivity (Wildman–Crippen MR) is 87.3 cm³/mol. The number of nitrogens with two attached hydrogens (primary N) is 1. The number of aromatic nitrogens is 2. The molecule has 2 N–H and O–H groups in total. The van der Waals surface area contributed by atoms with E-state index in [-0.39, 0.29) is 0 Å². The first-order valence-electron chi connectivity index (χ1n) is 5.78. The van der Waals surface area contributed by atoms with Crippen LogP contribution in [0, 0.1) is 3.57 Å². The van der Waals surface area contributed by atoms with E-state index in [2.05, 4.69) is 32.7 Å². The predicted octanol–water partition coefficient (Wildman–Crippen LogP) is 4.24. The number of nitrogen functional groups attached to an aromatic ring is 1. The van der Waals surface area contributed by atoms with E-state index in [9.17, 15) is 0 Å². The fourth-order valence-electron chi connectivity index (χ4n) is 1.79. The van der Waals surface area contributed by atoms with Gasteiger partial charge in [-0.3, -0.25) is 0 Å². The molecule has 4 nitrogen and oxygen atoms in total. The summed E-state index contributed by atoms with van der Waals surface area (Å²) in [5, 5.41) is 4.60. The van der Waals surface area contributed by atoms with Crippen LogP contribution in [-0.4, -0.2) is 10.1 Å². The van der Waals surface area contributed by atoms with Gasteiger partial charge >= 0.3 is 0 Å². The van der Waals surface area contributed by atoms with E-state index in [1.165, 1.54) is 0 Å². The van der Waals surface area contributed by atoms with E-state index in [0.717, 1.165) is 14.7 Å². The molecule has 0 unspecified atom stereocenters. The number of rotatable bonds is 2. The van der Waals surface area contributed by atoms with Gasteiger partial charge in [-0.2, -0.15) is 4.98 Å². The minimum absolute atomic E-state index is 0.399. The molecule has 0 aliphatic heterocycles. The molecule has 6 heteroatoms. The maximum Gasteiger partial charge on any atom is 0.260 e. The highest BCUT2D eigenvalue weighted by molar-refractivity contribution is 14.1. The average molecular weight is 398 g/mol. The van der Waals surface area contributed by atoms with Gasteiger partial charge in [-0.1, -0.05) is 28.9 Å². The number of benzene rings is 2. The van der Waals surface area contributed by atoms with Crippen LogP contribution in [0.3, 0.4) is 0 Å². The fourth-order valence-corrected chi connectivity index (χ4v) is 2.47. The summed E-state index contributed by atoms with van der Waals surface area (Å²) in [6.45, 7) is 0. The molecule has 100 valence electrons. The topological polar surface area (TPSA) is 64.9 Å². The van der Waals surface area contributed by atoms with E-state index < -0.39 is 0 Å². The van der Waals surface area contributed by atoms with Gasteiger partial charge in [0.15, 0.2) is 0 Å². The summed E-state index contributed by atoms with van der Waals surface area (Å²) < 4.78 is 6.34. The first-order chi connectivity index (χ1) is 9.63. The van der Waals surface area contributed by atoms with Crippen molar-refractivity contribution in [3.8, 4) is 22.8 Å². The molecule has 0 aliphatic rings. The van der Waals surface area contributed by atoms with Crippen molar-refractivity contribution in [3.05, 3.63) is 51.1 Å². The summed E-state index contributed by atoms with van der Waals surface area (Å²) in [5.74, 6) is 0.886. The minimum Gasteiger partial charge on any atom is -0.398 e. The zero-order valence-corrected chi connectivity index (χ0v) is 13.1. The highest BCUT2D eigenvalue weighted by Gasteiger charge is 2.13. The highest BCUT2D eigenvalue weighted by atomic mass is 127. The molecule has 0 saturated carbocycles. The second-order valence-electron chi connectivity index (χ2n) is 4.17. The Labute approximate surface area is 134 Å². The lowest BCUT2D eigenvalue weighted by molar-refractivity contribution is 0.432. The number of hydrogen-bond donors (Lipinski definition) is 1. The standard InChI is InChI=1S/C14H9ClIN3O/c15-9-3-1-2-8(6-9)13-18-14(20-19-13)11-7-10(16)4-5-12(11)17/h1-7H,17H2. The Morgan fingerprint density at radius 2 is 2.00 bits per heavy atom. The molecule has 0 saturated heterocycles. The van der Waals surface area contributed by atoms with Crippen molar-refractivity contribution in [1.29, 1.82) is 0 Å². The minimum atomic E-state index is 0.399. The van der Waals surface area contributed by atoms with Crippen LogP contribution in [0.15, 0.2) is 47.0 Å². The molecule has 0 spiro atoms. The lowest BCUT2D eigenvalue weighted by Crippen LogP contribution is -1.90. The number of nitrogens with zero attached hydrogens (tertiary/aromatic N) is 2. The van der Waals surface area contributed by atoms with E-state index in [1.54, 1.807) is 12.1 Å². The molecule has 0 atom stereocenters. The first-order valence-corrected chi connectivity index (χ1v) is 7.24. The molecule has 0 radical (unpaired) electrons. The fraction of sp³-hybridized carbons (Fsp3) is 0. The van der Waals surface area contributed by atoms with Crippen LogP contribution in [0.2, 0.25) is 5.02 Å². The normalized spacial score (nSPS) is 10.7. The maximum absolute atomic E-state index is 5.96. The van der Waals surface area contributed by atoms with E-state index in [0.29, 0.717) is 22.4 Å². The van der Waals surface area contributed by atoms with Gasteiger partial charge in [0, 0.05) is 19.8 Å². The van der Waals surface area contributed by atoms with E-state index >= 15 is 0 Å². The summed E-state index contributed by atoms with van der Waals surface area (Å²) in [6, 6.07) is 12.9. The molecule has 3 rings (SSSR count). The smallest absolute Gasteiger partial charge is 0.260 e. The molecule has 0 aliphatic carbocycles. The lowest BCUT2D eigenvalue weighted by Gasteiger charge is -2.00. The van der Waals surface area contributed by atoms with Crippen LogP contribution >= 0.6 is 34.2 Å². The van der Waals surface area contributed by atoms with Crippen molar-refractivity contribution in [2.45, 2.75) is 0 Å². The highest BCUT2D eigenvalue weighted by Crippen LogP contribution is 2.28. The molecule has 0 amide bonds. The van der Waals surface area contributed by atoms with Crippen molar-refractivity contribution in [3.63, 3.8) is 0 Å². The second-order valence-corrected chi connectivity index (χ2v) is 5.85. The van der Waals surface area contributed by atoms with Gasteiger partial charge in [-0.25, -0.2) is 0 Å². The van der Waals surface area contributed by atoms with Crippen LogP contribution in [0.5, 0.6) is 0 Å². The molecule has 3 aromatic rings. The maximum atomic E-state index is 5.96. The molecule has 1 heterocycles. The van der Waals surface area contributed by atoms with Crippen molar-refractivity contribution < 1.29 is 4.52 Å². The second kappa shape index (κ2) is 5.41. The van der Waals surface area contributed by atoms with Gasteiger partial charge in [0.05, 0.1) is 5.56 Å². The summed E-state index contributed by atoms with van der Waals surface area (Å²) in [5.41, 5.74) is 8.08. The van der Waals surface area contributed by atoms with Crippen LogP contribution < -0.4 is 5.73 Å². The summed E-state index contributed by atoms with van der Waals surface area (Å²) in [4.78, 5) is 4.37. The molecule has 2 aromatic carbocycles. The first kappa shape index (κ1) is 13.4. The third kappa shape index (κ3) is 2.64. The van der Waals surface area contributed by atoms with Crippen molar-refractivity contribution in [2.24, 2.45) is 0 Å². The largest absolute Gasteiger partial charge is 0.398 e. The van der Waals surface area contributed by atoms with Crippen molar-refractivity contribution >= 4 is 39.9 Å². The number of hydrogen-bond acceptors (Lipinski definition) is 4. The van der Waals surface area contributed by atoms with E-state index in [4.69, 9.17) is 21.9 Å². The SMILES string of the molecule is Nc1ccc(I)cc1-c1nc(-c2cccc(Cl)c2)no1. The van der Waals surface area contributed by atoms with E-state index in [1.807, 2.05) is 30.3 Å². The number of halogens is 2. The molecular formula is C14H9ClIN3O. The Balaban J connectivity index is 2.04. The molecular weight excluding hydrogens is 389 g/mol. The van der Waals surface area contributed by atoms with Crippen LogP contribution in [-0.2, 0) is 0 Å².